The molecule has 0 saturated carbocycles. The number of likely N-dealkylation sites (tertiary alicyclic amines) is 1. The summed E-state index contributed by atoms with van der Waals surface area (Å²) in [7, 11) is 1.69. The molecule has 6 heteroatoms. The highest BCUT2D eigenvalue weighted by atomic mass is 35.5. The first-order valence-electron chi connectivity index (χ1n) is 8.48. The van der Waals surface area contributed by atoms with Gasteiger partial charge in [0, 0.05) is 18.7 Å². The molecule has 3 heterocycles. The number of benzene rings is 1. The zero-order valence-corrected chi connectivity index (χ0v) is 14.8. The van der Waals surface area contributed by atoms with Crippen LogP contribution < -0.4 is 4.74 Å². The Balaban J connectivity index is 1.57. The number of hydrogen-bond donors (Lipinski definition) is 0. The van der Waals surface area contributed by atoms with E-state index in [1.807, 2.05) is 12.1 Å². The Labute approximate surface area is 151 Å². The molecule has 4 rings (SSSR count). The molecule has 132 valence electrons. The number of halogens is 1. The number of fused-ring (bicyclic) bond motifs is 2. The Morgan fingerprint density at radius 3 is 2.72 bits per heavy atom. The van der Waals surface area contributed by atoms with Gasteiger partial charge >= 0.3 is 0 Å². The average Bonchev–Trinajstić information content (AvgIpc) is 3.08. The zero-order valence-electron chi connectivity index (χ0n) is 14.1. The normalized spacial score (nSPS) is 18.9. The molecule has 0 atom stereocenters. The van der Waals surface area contributed by atoms with Crippen molar-refractivity contribution < 1.29 is 18.7 Å². The highest BCUT2D eigenvalue weighted by Crippen LogP contribution is 2.45. The summed E-state index contributed by atoms with van der Waals surface area (Å²) in [5, 5.41) is 0.228. The van der Waals surface area contributed by atoms with E-state index in [0.29, 0.717) is 19.7 Å². The van der Waals surface area contributed by atoms with E-state index >= 15 is 0 Å². The minimum Gasteiger partial charge on any atom is -0.496 e. The van der Waals surface area contributed by atoms with Crippen LogP contribution in [0.2, 0.25) is 5.22 Å². The van der Waals surface area contributed by atoms with E-state index in [4.69, 9.17) is 25.5 Å². The van der Waals surface area contributed by atoms with E-state index in [1.165, 1.54) is 5.56 Å². The van der Waals surface area contributed by atoms with Gasteiger partial charge in [0.05, 0.1) is 13.7 Å². The third-order valence-corrected chi connectivity index (χ3v) is 5.38. The van der Waals surface area contributed by atoms with Gasteiger partial charge in [-0.25, -0.2) is 0 Å². The topological polar surface area (TPSA) is 51.9 Å². The second kappa shape index (κ2) is 6.39. The highest BCUT2D eigenvalue weighted by Gasteiger charge is 2.43. The van der Waals surface area contributed by atoms with Crippen LogP contribution in [0, 0.1) is 0 Å². The van der Waals surface area contributed by atoms with Crippen molar-refractivity contribution in [1.29, 1.82) is 0 Å². The average molecular weight is 362 g/mol. The minimum atomic E-state index is -0.377. The Morgan fingerprint density at radius 2 is 2.04 bits per heavy atom. The molecule has 2 aliphatic heterocycles. The van der Waals surface area contributed by atoms with Gasteiger partial charge in [0.1, 0.15) is 11.4 Å². The maximum atomic E-state index is 12.6. The van der Waals surface area contributed by atoms with Crippen LogP contribution in [-0.2, 0) is 16.8 Å². The number of carbonyl (C=O) groups excluding carboxylic acids is 1. The van der Waals surface area contributed by atoms with Gasteiger partial charge in [-0.1, -0.05) is 12.1 Å². The molecule has 1 saturated heterocycles. The summed E-state index contributed by atoms with van der Waals surface area (Å²) in [5.74, 6) is 1.02. The van der Waals surface area contributed by atoms with Crippen molar-refractivity contribution in [3.63, 3.8) is 0 Å². The number of nitrogens with zero attached hydrogens (tertiary/aromatic N) is 1. The summed E-state index contributed by atoms with van der Waals surface area (Å²) in [6.07, 6.45) is 2.36. The largest absolute Gasteiger partial charge is 0.496 e. The van der Waals surface area contributed by atoms with Crippen LogP contribution in [0.4, 0.5) is 0 Å². The predicted octanol–water partition coefficient (Wildman–Crippen LogP) is 3.65. The van der Waals surface area contributed by atoms with Crippen LogP contribution >= 0.6 is 11.6 Å². The molecule has 0 radical (unpaired) electrons. The lowest BCUT2D eigenvalue weighted by Gasteiger charge is -2.45. The van der Waals surface area contributed by atoms with Gasteiger partial charge in [-0.05, 0) is 54.6 Å². The van der Waals surface area contributed by atoms with Crippen LogP contribution in [-0.4, -0.2) is 37.6 Å². The van der Waals surface area contributed by atoms with Crippen molar-refractivity contribution in [2.45, 2.75) is 24.9 Å². The SMILES string of the molecule is COc1cccc2c1C1(CCN(C(=O)c3ccc(Cl)o3)CC1)OCC2. The fourth-order valence-corrected chi connectivity index (χ4v) is 4.10. The Morgan fingerprint density at radius 1 is 1.24 bits per heavy atom. The molecule has 1 amide bonds. The first kappa shape index (κ1) is 16.5. The lowest BCUT2D eigenvalue weighted by Crippen LogP contribution is -2.48. The molecule has 2 aromatic rings. The van der Waals surface area contributed by atoms with Crippen LogP contribution in [0.5, 0.6) is 5.75 Å². The van der Waals surface area contributed by atoms with Crippen molar-refractivity contribution >= 4 is 17.5 Å². The lowest BCUT2D eigenvalue weighted by molar-refractivity contribution is -0.0948. The number of rotatable bonds is 2. The third kappa shape index (κ3) is 2.81. The van der Waals surface area contributed by atoms with Gasteiger partial charge in [-0.15, -0.1) is 0 Å². The standard InChI is InChI=1S/C19H20ClNO4/c1-23-14-4-2-3-13-7-12-24-19(17(13)14)8-10-21(11-9-19)18(22)15-5-6-16(20)25-15/h2-6H,7-12H2,1H3. The second-order valence-corrected chi connectivity index (χ2v) is 6.86. The number of hydrogen-bond acceptors (Lipinski definition) is 4. The summed E-state index contributed by atoms with van der Waals surface area (Å²) in [5.41, 5.74) is 2.05. The number of amides is 1. The molecule has 1 aromatic carbocycles. The maximum Gasteiger partial charge on any atom is 0.289 e. The molecule has 2 aliphatic rings. The molecule has 0 N–H and O–H groups in total. The van der Waals surface area contributed by atoms with Crippen molar-refractivity contribution in [3.05, 3.63) is 52.4 Å². The molecular weight excluding hydrogens is 342 g/mol. The lowest BCUT2D eigenvalue weighted by atomic mass is 9.78. The number of furan rings is 1. The molecular formula is C19H20ClNO4. The summed E-state index contributed by atoms with van der Waals surface area (Å²) in [6.45, 7) is 1.91. The van der Waals surface area contributed by atoms with Crippen molar-refractivity contribution in [1.82, 2.24) is 4.90 Å². The van der Waals surface area contributed by atoms with E-state index in [1.54, 1.807) is 24.1 Å². The molecule has 0 bridgehead atoms. The summed E-state index contributed by atoms with van der Waals surface area (Å²) in [6, 6.07) is 9.36. The minimum absolute atomic E-state index is 0.127. The first-order chi connectivity index (χ1) is 12.1. The van der Waals surface area contributed by atoms with Crippen LogP contribution in [0.1, 0.15) is 34.5 Å². The van der Waals surface area contributed by atoms with E-state index in [9.17, 15) is 4.79 Å². The summed E-state index contributed by atoms with van der Waals surface area (Å²) in [4.78, 5) is 14.4. The molecule has 25 heavy (non-hydrogen) atoms. The molecule has 1 spiro atoms. The smallest absolute Gasteiger partial charge is 0.289 e. The van der Waals surface area contributed by atoms with Crippen LogP contribution in [0.25, 0.3) is 0 Å². The number of ether oxygens (including phenoxy) is 2. The molecule has 0 unspecified atom stereocenters. The zero-order chi connectivity index (χ0) is 17.4. The molecule has 1 fully saturated rings. The van der Waals surface area contributed by atoms with Gasteiger partial charge < -0.3 is 18.8 Å². The molecule has 0 aliphatic carbocycles. The van der Waals surface area contributed by atoms with Crippen molar-refractivity contribution in [2.24, 2.45) is 0 Å². The quantitative estimate of drug-likeness (QED) is 0.819. The highest BCUT2D eigenvalue weighted by molar-refractivity contribution is 6.29. The number of carbonyl (C=O) groups is 1. The fourth-order valence-electron chi connectivity index (χ4n) is 3.95. The Bertz CT molecular complexity index is 778. The predicted molar refractivity (Wildman–Crippen MR) is 93.2 cm³/mol. The third-order valence-electron chi connectivity index (χ3n) is 5.18. The second-order valence-electron chi connectivity index (χ2n) is 6.48. The summed E-state index contributed by atoms with van der Waals surface area (Å²) >= 11 is 5.78. The monoisotopic (exact) mass is 361 g/mol. The molecule has 5 nitrogen and oxygen atoms in total. The van der Waals surface area contributed by atoms with E-state index < -0.39 is 0 Å². The van der Waals surface area contributed by atoms with Gasteiger partial charge in [0.25, 0.3) is 5.91 Å². The van der Waals surface area contributed by atoms with Crippen LogP contribution in [0.15, 0.2) is 34.7 Å². The Hall–Kier alpha value is -1.98. The number of piperidine rings is 1. The van der Waals surface area contributed by atoms with Gasteiger partial charge in [-0.3, -0.25) is 4.79 Å². The molecule has 1 aromatic heterocycles. The van der Waals surface area contributed by atoms with Crippen molar-refractivity contribution in [2.75, 3.05) is 26.8 Å². The van der Waals surface area contributed by atoms with Gasteiger partial charge in [0.2, 0.25) is 0 Å². The van der Waals surface area contributed by atoms with Crippen LogP contribution in [0.3, 0.4) is 0 Å². The van der Waals surface area contributed by atoms with E-state index in [2.05, 4.69) is 6.07 Å². The maximum absolute atomic E-state index is 12.6. The first-order valence-corrected chi connectivity index (χ1v) is 8.86. The van der Waals surface area contributed by atoms with E-state index in [0.717, 1.165) is 30.6 Å². The summed E-state index contributed by atoms with van der Waals surface area (Å²) < 4.78 is 17.1. The Kier molecular flexibility index (Phi) is 4.21. The van der Waals surface area contributed by atoms with Crippen molar-refractivity contribution in [3.8, 4) is 5.75 Å². The van der Waals surface area contributed by atoms with E-state index in [-0.39, 0.29) is 22.5 Å². The van der Waals surface area contributed by atoms with Gasteiger partial charge in [0.15, 0.2) is 11.0 Å². The fraction of sp³-hybridized carbons (Fsp3) is 0.421. The van der Waals surface area contributed by atoms with Gasteiger partial charge in [-0.2, -0.15) is 0 Å². The number of methoxy groups -OCH3 is 1.